The molecule has 28 heavy (non-hydrogen) atoms. The quantitative estimate of drug-likeness (QED) is 0.573. The average Bonchev–Trinajstić information content (AvgIpc) is 3.05. The summed E-state index contributed by atoms with van der Waals surface area (Å²) in [6, 6.07) is 3.27. The summed E-state index contributed by atoms with van der Waals surface area (Å²) in [7, 11) is 0. The van der Waals surface area contributed by atoms with Crippen LogP contribution in [0, 0.1) is 17.5 Å². The molecular weight excluding hydrogens is 410 g/mol. The minimum atomic E-state index is -4.74. The third-order valence-electron chi connectivity index (χ3n) is 4.52. The van der Waals surface area contributed by atoms with Crippen LogP contribution in [-0.2, 0) is 6.18 Å². The number of rotatable bonds is 3. The first-order valence-corrected chi connectivity index (χ1v) is 8.49. The van der Waals surface area contributed by atoms with Gasteiger partial charge in [0.15, 0.2) is 11.6 Å². The van der Waals surface area contributed by atoms with Crippen molar-refractivity contribution in [3.05, 3.63) is 69.5 Å². The molecule has 2 aromatic rings. The number of hydrogen-bond acceptors (Lipinski definition) is 2. The Morgan fingerprint density at radius 2 is 1.75 bits per heavy atom. The number of amides is 1. The maximum Gasteiger partial charge on any atom is 0.417 e. The molecule has 1 aliphatic rings. The van der Waals surface area contributed by atoms with E-state index in [1.165, 1.54) is 0 Å². The zero-order valence-electron chi connectivity index (χ0n) is 14.0. The van der Waals surface area contributed by atoms with Gasteiger partial charge in [0.05, 0.1) is 16.1 Å². The van der Waals surface area contributed by atoms with Crippen LogP contribution in [0.2, 0.25) is 5.02 Å². The molecule has 3 rings (SSSR count). The predicted molar refractivity (Wildman–Crippen MR) is 89.6 cm³/mol. The molecule has 0 bridgehead atoms. The molecule has 1 aliphatic heterocycles. The standard InChI is InChI=1S/C18H13ClF6N2O/c19-16-8(2-1-3-11(16)18(23,24)25)17(28)27-15-7-26-6-10(15)9-4-13(21)14(22)5-12(9)20/h1-5,10,15,26H,6-7H2,(H,27,28). The van der Waals surface area contributed by atoms with Gasteiger partial charge in [-0.2, -0.15) is 13.2 Å². The molecule has 2 unspecified atom stereocenters. The molecule has 10 heteroatoms. The Balaban J connectivity index is 1.86. The molecule has 150 valence electrons. The first-order valence-electron chi connectivity index (χ1n) is 8.11. The number of carbonyl (C=O) groups excluding carboxylic acids is 1. The smallest absolute Gasteiger partial charge is 0.347 e. The van der Waals surface area contributed by atoms with Crippen molar-refractivity contribution in [1.82, 2.24) is 10.6 Å². The molecular formula is C18H13ClF6N2O. The van der Waals surface area contributed by atoms with Crippen molar-refractivity contribution in [3.63, 3.8) is 0 Å². The van der Waals surface area contributed by atoms with Crippen LogP contribution in [0.5, 0.6) is 0 Å². The van der Waals surface area contributed by atoms with E-state index in [2.05, 4.69) is 10.6 Å². The van der Waals surface area contributed by atoms with Gasteiger partial charge in [0.25, 0.3) is 5.91 Å². The number of halogens is 7. The van der Waals surface area contributed by atoms with E-state index in [-0.39, 0.29) is 18.7 Å². The predicted octanol–water partition coefficient (Wildman–Crippen LogP) is 4.26. The van der Waals surface area contributed by atoms with Gasteiger partial charge in [-0.3, -0.25) is 4.79 Å². The molecule has 2 N–H and O–H groups in total. The van der Waals surface area contributed by atoms with Crippen molar-refractivity contribution >= 4 is 17.5 Å². The maximum absolute atomic E-state index is 14.1. The SMILES string of the molecule is O=C(NC1CNCC1c1cc(F)c(F)cc1F)c1cccc(C(F)(F)F)c1Cl. The maximum atomic E-state index is 14.1. The van der Waals surface area contributed by atoms with Gasteiger partial charge in [-0.1, -0.05) is 17.7 Å². The van der Waals surface area contributed by atoms with E-state index in [1.54, 1.807) is 0 Å². The third-order valence-corrected chi connectivity index (χ3v) is 4.93. The van der Waals surface area contributed by atoms with E-state index in [1.807, 2.05) is 0 Å². The van der Waals surface area contributed by atoms with E-state index in [4.69, 9.17) is 11.6 Å². The lowest BCUT2D eigenvalue weighted by atomic mass is 9.93. The first kappa shape index (κ1) is 20.5. The Kier molecular flexibility index (Phi) is 5.58. The second kappa shape index (κ2) is 7.63. The lowest BCUT2D eigenvalue weighted by molar-refractivity contribution is -0.137. The lowest BCUT2D eigenvalue weighted by Crippen LogP contribution is -2.40. The molecule has 0 radical (unpaired) electrons. The molecule has 0 aliphatic carbocycles. The number of alkyl halides is 3. The van der Waals surface area contributed by atoms with Gasteiger partial charge in [-0.05, 0) is 23.8 Å². The minimum Gasteiger partial charge on any atom is -0.347 e. The van der Waals surface area contributed by atoms with Crippen LogP contribution in [0.3, 0.4) is 0 Å². The number of benzene rings is 2. The zero-order chi connectivity index (χ0) is 20.6. The minimum absolute atomic E-state index is 0.149. The Morgan fingerprint density at radius 1 is 1.07 bits per heavy atom. The van der Waals surface area contributed by atoms with Gasteiger partial charge >= 0.3 is 6.18 Å². The van der Waals surface area contributed by atoms with E-state index in [0.717, 1.165) is 18.2 Å². The fourth-order valence-corrected chi connectivity index (χ4v) is 3.47. The largest absolute Gasteiger partial charge is 0.417 e. The van der Waals surface area contributed by atoms with E-state index in [0.29, 0.717) is 12.1 Å². The summed E-state index contributed by atoms with van der Waals surface area (Å²) in [5.74, 6) is -5.21. The average molecular weight is 423 g/mol. The summed E-state index contributed by atoms with van der Waals surface area (Å²) in [5.41, 5.74) is -1.70. The fourth-order valence-electron chi connectivity index (χ4n) is 3.15. The lowest BCUT2D eigenvalue weighted by Gasteiger charge is -2.22. The molecule has 1 amide bonds. The van der Waals surface area contributed by atoms with Crippen molar-refractivity contribution in [2.75, 3.05) is 13.1 Å². The topological polar surface area (TPSA) is 41.1 Å². The zero-order valence-corrected chi connectivity index (χ0v) is 14.8. The van der Waals surface area contributed by atoms with Crippen LogP contribution < -0.4 is 10.6 Å². The summed E-state index contributed by atoms with van der Waals surface area (Å²) >= 11 is 5.74. The number of nitrogens with one attached hydrogen (secondary N) is 2. The number of hydrogen-bond donors (Lipinski definition) is 2. The third kappa shape index (κ3) is 3.95. The van der Waals surface area contributed by atoms with E-state index < -0.39 is 57.6 Å². The Hall–Kier alpha value is -2.26. The summed E-state index contributed by atoms with van der Waals surface area (Å²) in [6.07, 6.45) is -4.74. The van der Waals surface area contributed by atoms with E-state index in [9.17, 15) is 31.1 Å². The Morgan fingerprint density at radius 3 is 2.43 bits per heavy atom. The normalized spacial score (nSPS) is 19.7. The van der Waals surface area contributed by atoms with Gasteiger partial charge in [-0.25, -0.2) is 13.2 Å². The van der Waals surface area contributed by atoms with Gasteiger partial charge in [-0.15, -0.1) is 0 Å². The van der Waals surface area contributed by atoms with Crippen molar-refractivity contribution in [2.45, 2.75) is 18.1 Å². The molecule has 0 aromatic heterocycles. The summed E-state index contributed by atoms with van der Waals surface area (Å²) in [5, 5.41) is 4.61. The first-order chi connectivity index (χ1) is 13.1. The van der Waals surface area contributed by atoms with Crippen LogP contribution in [0.25, 0.3) is 0 Å². The van der Waals surface area contributed by atoms with E-state index >= 15 is 0 Å². The molecule has 2 aromatic carbocycles. The van der Waals surface area contributed by atoms with Crippen molar-refractivity contribution < 1.29 is 31.1 Å². The highest BCUT2D eigenvalue weighted by Crippen LogP contribution is 2.36. The second-order valence-electron chi connectivity index (χ2n) is 6.30. The summed E-state index contributed by atoms with van der Waals surface area (Å²) in [6.45, 7) is 0.314. The molecule has 1 heterocycles. The van der Waals surface area contributed by atoms with Crippen molar-refractivity contribution in [1.29, 1.82) is 0 Å². The van der Waals surface area contributed by atoms with Gasteiger partial charge < -0.3 is 10.6 Å². The highest BCUT2D eigenvalue weighted by atomic mass is 35.5. The van der Waals surface area contributed by atoms with Gasteiger partial charge in [0.2, 0.25) is 0 Å². The molecule has 3 nitrogen and oxygen atoms in total. The van der Waals surface area contributed by atoms with Crippen LogP contribution in [0.1, 0.15) is 27.4 Å². The second-order valence-corrected chi connectivity index (χ2v) is 6.68. The van der Waals surface area contributed by atoms with Crippen molar-refractivity contribution in [3.8, 4) is 0 Å². The number of carbonyl (C=O) groups is 1. The molecule has 2 atom stereocenters. The monoisotopic (exact) mass is 422 g/mol. The fraction of sp³-hybridized carbons (Fsp3) is 0.278. The highest BCUT2D eigenvalue weighted by Gasteiger charge is 2.36. The Labute approximate surface area is 160 Å². The van der Waals surface area contributed by atoms with Crippen molar-refractivity contribution in [2.24, 2.45) is 0 Å². The Bertz CT molecular complexity index is 918. The van der Waals surface area contributed by atoms with Crippen LogP contribution in [0.15, 0.2) is 30.3 Å². The van der Waals surface area contributed by atoms with Crippen LogP contribution in [-0.4, -0.2) is 25.0 Å². The van der Waals surface area contributed by atoms with Crippen LogP contribution >= 0.6 is 11.6 Å². The molecule has 0 saturated carbocycles. The van der Waals surface area contributed by atoms with Gasteiger partial charge in [0, 0.05) is 31.1 Å². The van der Waals surface area contributed by atoms with Gasteiger partial charge in [0.1, 0.15) is 5.82 Å². The molecule has 1 saturated heterocycles. The van der Waals surface area contributed by atoms with Crippen LogP contribution in [0.4, 0.5) is 26.3 Å². The summed E-state index contributed by atoms with van der Waals surface area (Å²) < 4.78 is 79.6. The summed E-state index contributed by atoms with van der Waals surface area (Å²) in [4.78, 5) is 12.5. The molecule has 1 fully saturated rings. The molecule has 0 spiro atoms. The highest BCUT2D eigenvalue weighted by molar-refractivity contribution is 6.34.